The first-order valence-electron chi connectivity index (χ1n) is 6.06. The number of morpholine rings is 1. The highest BCUT2D eigenvalue weighted by atomic mass is 79.9. The molecule has 0 aliphatic carbocycles. The molecular formula is C13H17BrN2O2. The fourth-order valence-electron chi connectivity index (χ4n) is 1.88. The lowest BCUT2D eigenvalue weighted by Gasteiger charge is -2.23. The summed E-state index contributed by atoms with van der Waals surface area (Å²) in [5, 5.41) is 6.22. The molecule has 98 valence electrons. The van der Waals surface area contributed by atoms with E-state index in [4.69, 9.17) is 4.74 Å². The number of benzene rings is 1. The van der Waals surface area contributed by atoms with Crippen LogP contribution in [0.5, 0.6) is 0 Å². The van der Waals surface area contributed by atoms with Gasteiger partial charge in [-0.3, -0.25) is 4.79 Å². The van der Waals surface area contributed by atoms with Gasteiger partial charge < -0.3 is 15.4 Å². The van der Waals surface area contributed by atoms with Crippen molar-refractivity contribution in [2.75, 3.05) is 26.3 Å². The molecule has 0 bridgehead atoms. The molecule has 1 aliphatic rings. The number of nitrogens with one attached hydrogen (secondary N) is 2. The summed E-state index contributed by atoms with van der Waals surface area (Å²) in [6.07, 6.45) is 0.410. The van der Waals surface area contributed by atoms with Crippen molar-refractivity contribution in [2.45, 2.75) is 12.5 Å². The van der Waals surface area contributed by atoms with Crippen LogP contribution in [-0.2, 0) is 16.0 Å². The Kier molecular flexibility index (Phi) is 5.16. The molecule has 1 fully saturated rings. The van der Waals surface area contributed by atoms with Gasteiger partial charge in [-0.2, -0.15) is 0 Å². The van der Waals surface area contributed by atoms with Crippen LogP contribution in [0.15, 0.2) is 28.7 Å². The van der Waals surface area contributed by atoms with E-state index >= 15 is 0 Å². The van der Waals surface area contributed by atoms with Crippen molar-refractivity contribution in [2.24, 2.45) is 0 Å². The maximum atomic E-state index is 11.8. The Morgan fingerprint density at radius 1 is 1.56 bits per heavy atom. The van der Waals surface area contributed by atoms with E-state index in [1.165, 1.54) is 0 Å². The lowest BCUT2D eigenvalue weighted by molar-refractivity contribution is -0.120. The molecule has 1 heterocycles. The Hall–Kier alpha value is -0.910. The lowest BCUT2D eigenvalue weighted by Crippen LogP contribution is -2.48. The third kappa shape index (κ3) is 4.40. The van der Waals surface area contributed by atoms with Crippen molar-refractivity contribution in [1.82, 2.24) is 10.6 Å². The van der Waals surface area contributed by atoms with Crippen molar-refractivity contribution in [3.05, 3.63) is 34.3 Å². The molecule has 1 saturated heterocycles. The van der Waals surface area contributed by atoms with Crippen molar-refractivity contribution in [1.29, 1.82) is 0 Å². The fraction of sp³-hybridized carbons (Fsp3) is 0.462. The quantitative estimate of drug-likeness (QED) is 0.875. The van der Waals surface area contributed by atoms with Crippen LogP contribution in [0, 0.1) is 0 Å². The molecule has 0 saturated carbocycles. The van der Waals surface area contributed by atoms with Crippen molar-refractivity contribution < 1.29 is 9.53 Å². The molecule has 1 unspecified atom stereocenters. The molecule has 1 aromatic rings. The van der Waals surface area contributed by atoms with Gasteiger partial charge in [0, 0.05) is 23.6 Å². The predicted molar refractivity (Wildman–Crippen MR) is 73.5 cm³/mol. The van der Waals surface area contributed by atoms with Crippen LogP contribution in [0.2, 0.25) is 0 Å². The molecule has 2 rings (SSSR count). The minimum absolute atomic E-state index is 0.0421. The number of amides is 1. The van der Waals surface area contributed by atoms with E-state index in [2.05, 4.69) is 26.6 Å². The van der Waals surface area contributed by atoms with E-state index in [0.29, 0.717) is 19.6 Å². The number of halogens is 1. The summed E-state index contributed by atoms with van der Waals surface area (Å²) in [7, 11) is 0. The highest BCUT2D eigenvalue weighted by Crippen LogP contribution is 2.11. The van der Waals surface area contributed by atoms with Crippen LogP contribution in [-0.4, -0.2) is 38.3 Å². The number of hydrogen-bond donors (Lipinski definition) is 2. The maximum Gasteiger partial charge on any atom is 0.224 e. The number of carbonyl (C=O) groups is 1. The van der Waals surface area contributed by atoms with Gasteiger partial charge in [0.15, 0.2) is 0 Å². The smallest absolute Gasteiger partial charge is 0.224 e. The molecule has 4 nitrogen and oxygen atoms in total. The van der Waals surface area contributed by atoms with Gasteiger partial charge in [-0.05, 0) is 17.7 Å². The molecule has 5 heteroatoms. The molecule has 0 radical (unpaired) electrons. The molecule has 1 atom stereocenters. The van der Waals surface area contributed by atoms with E-state index in [0.717, 1.165) is 23.2 Å². The van der Waals surface area contributed by atoms with Gasteiger partial charge in [-0.1, -0.05) is 28.1 Å². The first kappa shape index (κ1) is 13.5. The van der Waals surface area contributed by atoms with E-state index < -0.39 is 0 Å². The summed E-state index contributed by atoms with van der Waals surface area (Å²) < 4.78 is 6.32. The number of carbonyl (C=O) groups excluding carboxylic acids is 1. The topological polar surface area (TPSA) is 50.4 Å². The fourth-order valence-corrected chi connectivity index (χ4v) is 2.33. The van der Waals surface area contributed by atoms with Crippen LogP contribution in [0.3, 0.4) is 0 Å². The monoisotopic (exact) mass is 312 g/mol. The van der Waals surface area contributed by atoms with Gasteiger partial charge in [-0.25, -0.2) is 0 Å². The van der Waals surface area contributed by atoms with Gasteiger partial charge in [-0.15, -0.1) is 0 Å². The summed E-state index contributed by atoms with van der Waals surface area (Å²) in [4.78, 5) is 11.8. The zero-order valence-electron chi connectivity index (χ0n) is 10.1. The summed E-state index contributed by atoms with van der Waals surface area (Å²) in [6, 6.07) is 8.02. The summed E-state index contributed by atoms with van der Waals surface area (Å²) in [5.41, 5.74) is 1.01. The third-order valence-corrected chi connectivity index (χ3v) is 3.29. The Labute approximate surface area is 115 Å². The molecule has 1 aromatic carbocycles. The second-order valence-corrected chi connectivity index (χ2v) is 5.25. The summed E-state index contributed by atoms with van der Waals surface area (Å²) >= 11 is 3.40. The lowest BCUT2D eigenvalue weighted by atomic mass is 10.1. The normalized spacial score (nSPS) is 19.5. The van der Waals surface area contributed by atoms with E-state index in [9.17, 15) is 4.79 Å². The van der Waals surface area contributed by atoms with Crippen LogP contribution in [0.4, 0.5) is 0 Å². The highest BCUT2D eigenvalue weighted by Gasteiger charge is 2.13. The van der Waals surface area contributed by atoms with Crippen LogP contribution in [0.1, 0.15) is 5.56 Å². The van der Waals surface area contributed by atoms with E-state index in [1.54, 1.807) is 0 Å². The first-order chi connectivity index (χ1) is 8.74. The number of hydrogen-bond acceptors (Lipinski definition) is 3. The van der Waals surface area contributed by atoms with Gasteiger partial charge in [0.2, 0.25) is 5.91 Å². The van der Waals surface area contributed by atoms with Gasteiger partial charge in [0.25, 0.3) is 0 Å². The number of rotatable bonds is 4. The zero-order chi connectivity index (χ0) is 12.8. The molecular weight excluding hydrogens is 296 g/mol. The Morgan fingerprint density at radius 2 is 2.44 bits per heavy atom. The Morgan fingerprint density at radius 3 is 3.17 bits per heavy atom. The van der Waals surface area contributed by atoms with Crippen LogP contribution >= 0.6 is 15.9 Å². The minimum Gasteiger partial charge on any atom is -0.378 e. The van der Waals surface area contributed by atoms with E-state index in [-0.39, 0.29) is 11.9 Å². The second-order valence-electron chi connectivity index (χ2n) is 4.34. The summed E-state index contributed by atoms with van der Waals surface area (Å²) in [6.45, 7) is 2.89. The molecule has 0 spiro atoms. The molecule has 1 aliphatic heterocycles. The predicted octanol–water partition coefficient (Wildman–Crippen LogP) is 1.10. The van der Waals surface area contributed by atoms with E-state index in [1.807, 2.05) is 24.3 Å². The Bertz CT molecular complexity index is 406. The third-order valence-electron chi connectivity index (χ3n) is 2.80. The van der Waals surface area contributed by atoms with Gasteiger partial charge >= 0.3 is 0 Å². The van der Waals surface area contributed by atoms with Crippen LogP contribution < -0.4 is 10.6 Å². The van der Waals surface area contributed by atoms with Gasteiger partial charge in [0.1, 0.15) is 0 Å². The molecule has 1 amide bonds. The average molecular weight is 313 g/mol. The van der Waals surface area contributed by atoms with Crippen molar-refractivity contribution in [3.63, 3.8) is 0 Å². The number of ether oxygens (including phenoxy) is 1. The summed E-state index contributed by atoms with van der Waals surface area (Å²) in [5.74, 6) is 0.0421. The SMILES string of the molecule is O=C(Cc1cccc(Br)c1)NCC1COCCN1. The van der Waals surface area contributed by atoms with Crippen molar-refractivity contribution in [3.8, 4) is 0 Å². The Balaban J connectivity index is 1.74. The zero-order valence-corrected chi connectivity index (χ0v) is 11.7. The minimum atomic E-state index is 0.0421. The molecule has 0 aromatic heterocycles. The van der Waals surface area contributed by atoms with Gasteiger partial charge in [0.05, 0.1) is 19.6 Å². The standard InChI is InChI=1S/C13H17BrN2O2/c14-11-3-1-2-10(6-11)7-13(17)16-8-12-9-18-5-4-15-12/h1-3,6,12,15H,4-5,7-9H2,(H,16,17). The largest absolute Gasteiger partial charge is 0.378 e. The average Bonchev–Trinajstić information content (AvgIpc) is 2.38. The highest BCUT2D eigenvalue weighted by molar-refractivity contribution is 9.10. The van der Waals surface area contributed by atoms with Crippen LogP contribution in [0.25, 0.3) is 0 Å². The first-order valence-corrected chi connectivity index (χ1v) is 6.85. The van der Waals surface area contributed by atoms with Crippen molar-refractivity contribution >= 4 is 21.8 Å². The molecule has 18 heavy (non-hydrogen) atoms. The maximum absolute atomic E-state index is 11.8. The molecule has 2 N–H and O–H groups in total. The second kappa shape index (κ2) is 6.87.